The summed E-state index contributed by atoms with van der Waals surface area (Å²) in [6.07, 6.45) is 0.662. The molecule has 27 heavy (non-hydrogen) atoms. The highest BCUT2D eigenvalue weighted by atomic mass is 35.5. The second kappa shape index (κ2) is 9.45. The number of hydrogen-bond acceptors (Lipinski definition) is 7. The summed E-state index contributed by atoms with van der Waals surface area (Å²) >= 11 is 6.08. The summed E-state index contributed by atoms with van der Waals surface area (Å²) in [7, 11) is 1.25. The second-order valence-corrected chi connectivity index (χ2v) is 6.42. The Morgan fingerprint density at radius 1 is 1.26 bits per heavy atom. The van der Waals surface area contributed by atoms with Crippen LogP contribution >= 0.6 is 11.6 Å². The SMILES string of the molecule is CC[C@H](C)[C@H](NC(=O)COC(=O)c1cc(Cl)c2c(c1)OCCO2)C(=O)OC. The van der Waals surface area contributed by atoms with E-state index in [0.29, 0.717) is 31.1 Å². The minimum Gasteiger partial charge on any atom is -0.486 e. The van der Waals surface area contributed by atoms with Gasteiger partial charge in [0.05, 0.1) is 17.7 Å². The molecule has 0 fully saturated rings. The highest BCUT2D eigenvalue weighted by molar-refractivity contribution is 6.32. The molecular formula is C18H22ClNO7. The fourth-order valence-corrected chi connectivity index (χ4v) is 2.72. The van der Waals surface area contributed by atoms with Gasteiger partial charge in [-0.05, 0) is 18.1 Å². The van der Waals surface area contributed by atoms with Crippen LogP contribution in [0.1, 0.15) is 30.6 Å². The molecule has 148 valence electrons. The lowest BCUT2D eigenvalue weighted by Gasteiger charge is -2.22. The number of carbonyl (C=O) groups is 3. The Morgan fingerprint density at radius 2 is 1.96 bits per heavy atom. The average molecular weight is 400 g/mol. The van der Waals surface area contributed by atoms with E-state index in [1.807, 2.05) is 13.8 Å². The van der Waals surface area contributed by atoms with E-state index in [9.17, 15) is 14.4 Å². The van der Waals surface area contributed by atoms with Gasteiger partial charge in [0, 0.05) is 0 Å². The molecule has 1 amide bonds. The van der Waals surface area contributed by atoms with E-state index in [4.69, 9.17) is 30.5 Å². The molecule has 1 aliphatic heterocycles. The summed E-state index contributed by atoms with van der Waals surface area (Å²) in [5, 5.41) is 2.74. The third-order valence-electron chi connectivity index (χ3n) is 4.15. The van der Waals surface area contributed by atoms with Crippen molar-refractivity contribution in [3.8, 4) is 11.5 Å². The van der Waals surface area contributed by atoms with Crippen LogP contribution in [0.25, 0.3) is 0 Å². The molecule has 0 radical (unpaired) electrons. The van der Waals surface area contributed by atoms with Crippen LogP contribution in [0.5, 0.6) is 11.5 Å². The fraction of sp³-hybridized carbons (Fsp3) is 0.500. The van der Waals surface area contributed by atoms with Gasteiger partial charge >= 0.3 is 11.9 Å². The van der Waals surface area contributed by atoms with Crippen molar-refractivity contribution in [3.05, 3.63) is 22.7 Å². The minimum atomic E-state index is -0.810. The van der Waals surface area contributed by atoms with Crippen LogP contribution in [0.15, 0.2) is 12.1 Å². The molecule has 0 bridgehead atoms. The van der Waals surface area contributed by atoms with Crippen molar-refractivity contribution < 1.29 is 33.3 Å². The Balaban J connectivity index is 1.97. The van der Waals surface area contributed by atoms with Gasteiger partial charge in [-0.25, -0.2) is 9.59 Å². The molecule has 2 atom stereocenters. The fourth-order valence-electron chi connectivity index (χ4n) is 2.45. The van der Waals surface area contributed by atoms with E-state index in [1.54, 1.807) is 0 Å². The molecule has 8 nitrogen and oxygen atoms in total. The van der Waals surface area contributed by atoms with Crippen molar-refractivity contribution in [2.24, 2.45) is 5.92 Å². The van der Waals surface area contributed by atoms with Gasteiger partial charge < -0.3 is 24.3 Å². The Hall–Kier alpha value is -2.48. The number of rotatable bonds is 7. The molecule has 9 heteroatoms. The quantitative estimate of drug-likeness (QED) is 0.699. The van der Waals surface area contributed by atoms with Crippen LogP contribution in [0.4, 0.5) is 0 Å². The Morgan fingerprint density at radius 3 is 2.63 bits per heavy atom. The highest BCUT2D eigenvalue weighted by Crippen LogP contribution is 2.38. The van der Waals surface area contributed by atoms with E-state index < -0.39 is 30.5 Å². The van der Waals surface area contributed by atoms with Crippen LogP contribution < -0.4 is 14.8 Å². The normalized spacial score (nSPS) is 14.7. The summed E-state index contributed by atoms with van der Waals surface area (Å²) in [6.45, 7) is 3.86. The molecular weight excluding hydrogens is 378 g/mol. The lowest BCUT2D eigenvalue weighted by atomic mass is 9.99. The number of halogens is 1. The number of carbonyl (C=O) groups excluding carboxylic acids is 3. The zero-order chi connectivity index (χ0) is 20.0. The van der Waals surface area contributed by atoms with Gasteiger partial charge in [0.15, 0.2) is 18.1 Å². The maximum atomic E-state index is 12.2. The first kappa shape index (κ1) is 20.8. The number of methoxy groups -OCH3 is 1. The second-order valence-electron chi connectivity index (χ2n) is 6.01. The summed E-state index contributed by atoms with van der Waals surface area (Å²) < 4.78 is 20.5. The molecule has 1 aliphatic rings. The molecule has 1 heterocycles. The average Bonchev–Trinajstić information content (AvgIpc) is 2.68. The van der Waals surface area contributed by atoms with E-state index >= 15 is 0 Å². The first-order chi connectivity index (χ1) is 12.9. The number of ether oxygens (including phenoxy) is 4. The summed E-state index contributed by atoms with van der Waals surface area (Å²) in [4.78, 5) is 36.1. The molecule has 1 aromatic carbocycles. The van der Waals surface area contributed by atoms with Gasteiger partial charge in [0.2, 0.25) is 0 Å². The Kier molecular flexibility index (Phi) is 7.29. The van der Waals surface area contributed by atoms with E-state index in [2.05, 4.69) is 5.32 Å². The third kappa shape index (κ3) is 5.26. The monoisotopic (exact) mass is 399 g/mol. The minimum absolute atomic E-state index is 0.128. The predicted octanol–water partition coefficient (Wildman–Crippen LogP) is 1.97. The first-order valence-corrected chi connectivity index (χ1v) is 8.88. The topological polar surface area (TPSA) is 100 Å². The molecule has 1 N–H and O–H groups in total. The van der Waals surface area contributed by atoms with Crippen molar-refractivity contribution in [1.82, 2.24) is 5.32 Å². The maximum absolute atomic E-state index is 12.2. The highest BCUT2D eigenvalue weighted by Gasteiger charge is 2.27. The van der Waals surface area contributed by atoms with Crippen molar-refractivity contribution in [3.63, 3.8) is 0 Å². The molecule has 0 spiro atoms. The van der Waals surface area contributed by atoms with Gasteiger partial charge in [-0.1, -0.05) is 31.9 Å². The van der Waals surface area contributed by atoms with Gasteiger partial charge in [0.1, 0.15) is 19.3 Å². The molecule has 0 aliphatic carbocycles. The van der Waals surface area contributed by atoms with Crippen molar-refractivity contribution in [2.75, 3.05) is 26.9 Å². The predicted molar refractivity (Wildman–Crippen MR) is 96.1 cm³/mol. The zero-order valence-electron chi connectivity index (χ0n) is 15.4. The Labute approximate surface area is 162 Å². The summed E-state index contributed by atoms with van der Waals surface area (Å²) in [6, 6.07) is 2.01. The molecule has 0 aromatic heterocycles. The number of esters is 2. The van der Waals surface area contributed by atoms with Crippen LogP contribution in [0, 0.1) is 5.92 Å². The van der Waals surface area contributed by atoms with Crippen LogP contribution in [0.2, 0.25) is 5.02 Å². The van der Waals surface area contributed by atoms with Crippen LogP contribution in [0.3, 0.4) is 0 Å². The van der Waals surface area contributed by atoms with Crippen molar-refractivity contribution >= 4 is 29.4 Å². The Bertz CT molecular complexity index is 722. The largest absolute Gasteiger partial charge is 0.486 e. The van der Waals surface area contributed by atoms with E-state index in [1.165, 1.54) is 19.2 Å². The van der Waals surface area contributed by atoms with E-state index in [0.717, 1.165) is 0 Å². The van der Waals surface area contributed by atoms with E-state index in [-0.39, 0.29) is 16.5 Å². The number of hydrogen-bond donors (Lipinski definition) is 1. The van der Waals surface area contributed by atoms with Gasteiger partial charge in [0.25, 0.3) is 5.91 Å². The van der Waals surface area contributed by atoms with Crippen molar-refractivity contribution in [2.45, 2.75) is 26.3 Å². The number of fused-ring (bicyclic) bond motifs is 1. The molecule has 2 rings (SSSR count). The van der Waals surface area contributed by atoms with Gasteiger partial charge in [-0.3, -0.25) is 4.79 Å². The first-order valence-electron chi connectivity index (χ1n) is 8.50. The summed E-state index contributed by atoms with van der Waals surface area (Å²) in [5.74, 6) is -1.33. The standard InChI is InChI=1S/C18H22ClNO7/c1-4-10(2)15(18(23)24-3)20-14(21)9-27-17(22)11-7-12(19)16-13(8-11)25-5-6-26-16/h7-8,10,15H,4-6,9H2,1-3H3,(H,20,21)/t10-,15-/m0/s1. The zero-order valence-corrected chi connectivity index (χ0v) is 16.1. The molecule has 0 unspecified atom stereocenters. The van der Waals surface area contributed by atoms with Crippen LogP contribution in [-0.2, 0) is 19.1 Å². The number of benzene rings is 1. The van der Waals surface area contributed by atoms with Crippen LogP contribution in [-0.4, -0.2) is 50.8 Å². The van der Waals surface area contributed by atoms with Gasteiger partial charge in [-0.15, -0.1) is 0 Å². The lowest BCUT2D eigenvalue weighted by Crippen LogP contribution is -2.47. The maximum Gasteiger partial charge on any atom is 0.338 e. The summed E-state index contributed by atoms with van der Waals surface area (Å²) in [5.41, 5.74) is 0.128. The molecule has 0 saturated carbocycles. The smallest absolute Gasteiger partial charge is 0.338 e. The van der Waals surface area contributed by atoms with Crippen molar-refractivity contribution in [1.29, 1.82) is 0 Å². The molecule has 1 aromatic rings. The van der Waals surface area contributed by atoms with Gasteiger partial charge in [-0.2, -0.15) is 0 Å². The lowest BCUT2D eigenvalue weighted by molar-refractivity contribution is -0.147. The number of amides is 1. The molecule has 0 saturated heterocycles. The third-order valence-corrected chi connectivity index (χ3v) is 4.43. The number of nitrogens with one attached hydrogen (secondary N) is 1.